The Bertz CT molecular complexity index is 929. The second-order valence-electron chi connectivity index (χ2n) is 6.04. The highest BCUT2D eigenvalue weighted by Crippen LogP contribution is 2.20. The number of benzene rings is 2. The van der Waals surface area contributed by atoms with Crippen molar-refractivity contribution in [1.82, 2.24) is 9.97 Å². The molecule has 0 spiro atoms. The number of hydrogen-bond donors (Lipinski definition) is 2. The summed E-state index contributed by atoms with van der Waals surface area (Å²) >= 11 is 0. The van der Waals surface area contributed by atoms with Crippen molar-refractivity contribution in [1.29, 1.82) is 0 Å². The van der Waals surface area contributed by atoms with Gasteiger partial charge in [-0.1, -0.05) is 12.1 Å². The molecular formula is C20H19FN4O2. The highest BCUT2D eigenvalue weighted by atomic mass is 19.1. The molecule has 1 aromatic heterocycles. The van der Waals surface area contributed by atoms with Crippen LogP contribution in [0.5, 0.6) is 5.75 Å². The van der Waals surface area contributed by atoms with E-state index in [1.807, 2.05) is 38.1 Å². The quantitative estimate of drug-likeness (QED) is 0.676. The smallest absolute Gasteiger partial charge is 0.274 e. The summed E-state index contributed by atoms with van der Waals surface area (Å²) in [6.07, 6.45) is 1.37. The molecular weight excluding hydrogens is 347 g/mol. The zero-order valence-electron chi connectivity index (χ0n) is 14.9. The van der Waals surface area contributed by atoms with E-state index in [9.17, 15) is 9.18 Å². The first-order valence-electron chi connectivity index (χ1n) is 8.43. The lowest BCUT2D eigenvalue weighted by molar-refractivity contribution is 0.102. The first-order chi connectivity index (χ1) is 13.0. The standard InChI is InChI=1S/C20H19FN4O2/c1-13(2)27-15-9-7-14(8-10-15)24-19-11-18(22-12-23-19)20(26)25-17-6-4-3-5-16(17)21/h3-13H,1-2H3,(H,25,26)(H,22,23,24). The molecule has 1 amide bonds. The second kappa shape index (κ2) is 8.27. The topological polar surface area (TPSA) is 76.1 Å². The number of para-hydroxylation sites is 1. The van der Waals surface area contributed by atoms with Gasteiger partial charge in [0, 0.05) is 11.8 Å². The van der Waals surface area contributed by atoms with Gasteiger partial charge in [-0.05, 0) is 50.2 Å². The van der Waals surface area contributed by atoms with E-state index in [1.165, 1.54) is 24.5 Å². The third-order valence-electron chi connectivity index (χ3n) is 3.52. The maximum absolute atomic E-state index is 13.7. The highest BCUT2D eigenvalue weighted by molar-refractivity contribution is 6.03. The number of carbonyl (C=O) groups is 1. The monoisotopic (exact) mass is 366 g/mol. The predicted octanol–water partition coefficient (Wildman–Crippen LogP) is 4.40. The van der Waals surface area contributed by atoms with Gasteiger partial charge in [0.1, 0.15) is 29.4 Å². The molecule has 0 aliphatic heterocycles. The molecule has 0 atom stereocenters. The Morgan fingerprint density at radius 2 is 1.81 bits per heavy atom. The van der Waals surface area contributed by atoms with Crippen LogP contribution in [0.3, 0.4) is 0 Å². The van der Waals surface area contributed by atoms with E-state index in [0.717, 1.165) is 11.4 Å². The van der Waals surface area contributed by atoms with Crippen LogP contribution in [0.4, 0.5) is 21.6 Å². The van der Waals surface area contributed by atoms with Crippen LogP contribution in [-0.2, 0) is 0 Å². The molecule has 3 aromatic rings. The van der Waals surface area contributed by atoms with Crippen LogP contribution in [0, 0.1) is 5.82 Å². The molecule has 0 bridgehead atoms. The molecule has 6 nitrogen and oxygen atoms in total. The Hall–Kier alpha value is -3.48. The molecule has 0 aliphatic carbocycles. The van der Waals surface area contributed by atoms with Crippen LogP contribution < -0.4 is 15.4 Å². The minimum absolute atomic E-state index is 0.0939. The summed E-state index contributed by atoms with van der Waals surface area (Å²) in [6, 6.07) is 14.8. The number of aromatic nitrogens is 2. The lowest BCUT2D eigenvalue weighted by Crippen LogP contribution is -2.15. The lowest BCUT2D eigenvalue weighted by Gasteiger charge is -2.11. The number of rotatable bonds is 6. The van der Waals surface area contributed by atoms with Crippen LogP contribution in [-0.4, -0.2) is 22.0 Å². The predicted molar refractivity (Wildman–Crippen MR) is 102 cm³/mol. The van der Waals surface area contributed by atoms with Crippen molar-refractivity contribution < 1.29 is 13.9 Å². The summed E-state index contributed by atoms with van der Waals surface area (Å²) in [7, 11) is 0. The molecule has 0 aliphatic rings. The number of nitrogens with one attached hydrogen (secondary N) is 2. The zero-order valence-corrected chi connectivity index (χ0v) is 14.9. The van der Waals surface area contributed by atoms with Crippen LogP contribution in [0.2, 0.25) is 0 Å². The summed E-state index contributed by atoms with van der Waals surface area (Å²) in [6.45, 7) is 3.92. The van der Waals surface area contributed by atoms with E-state index < -0.39 is 11.7 Å². The van der Waals surface area contributed by atoms with E-state index in [1.54, 1.807) is 12.1 Å². The Labute approximate surface area is 156 Å². The number of hydrogen-bond acceptors (Lipinski definition) is 5. The third kappa shape index (κ3) is 5.01. The SMILES string of the molecule is CC(C)Oc1ccc(Nc2cc(C(=O)Nc3ccccc3F)ncn2)cc1. The first-order valence-corrected chi connectivity index (χ1v) is 8.43. The average Bonchev–Trinajstić information content (AvgIpc) is 2.65. The Balaban J connectivity index is 1.70. The van der Waals surface area contributed by atoms with Crippen LogP contribution >= 0.6 is 0 Å². The molecule has 27 heavy (non-hydrogen) atoms. The van der Waals surface area contributed by atoms with E-state index in [0.29, 0.717) is 5.82 Å². The molecule has 0 fully saturated rings. The van der Waals surface area contributed by atoms with Crippen LogP contribution in [0.15, 0.2) is 60.9 Å². The van der Waals surface area contributed by atoms with Crippen molar-refractivity contribution in [2.45, 2.75) is 20.0 Å². The molecule has 0 saturated carbocycles. The van der Waals surface area contributed by atoms with Gasteiger partial charge < -0.3 is 15.4 Å². The van der Waals surface area contributed by atoms with E-state index in [-0.39, 0.29) is 17.5 Å². The van der Waals surface area contributed by atoms with Gasteiger partial charge in [0.05, 0.1) is 11.8 Å². The van der Waals surface area contributed by atoms with Crippen LogP contribution in [0.25, 0.3) is 0 Å². The van der Waals surface area contributed by atoms with Crippen LogP contribution in [0.1, 0.15) is 24.3 Å². The minimum Gasteiger partial charge on any atom is -0.491 e. The number of carbonyl (C=O) groups excluding carboxylic acids is 1. The van der Waals surface area contributed by atoms with E-state index >= 15 is 0 Å². The Morgan fingerprint density at radius 3 is 2.52 bits per heavy atom. The molecule has 2 N–H and O–H groups in total. The van der Waals surface area contributed by atoms with Crippen molar-refractivity contribution in [3.05, 3.63) is 72.4 Å². The molecule has 1 heterocycles. The van der Waals surface area contributed by atoms with Crippen molar-refractivity contribution >= 4 is 23.1 Å². The molecule has 2 aromatic carbocycles. The molecule has 7 heteroatoms. The second-order valence-corrected chi connectivity index (χ2v) is 6.04. The molecule has 3 rings (SSSR count). The first kappa shape index (κ1) is 18.3. The lowest BCUT2D eigenvalue weighted by atomic mass is 10.2. The van der Waals surface area contributed by atoms with Gasteiger partial charge in [0.25, 0.3) is 5.91 Å². The highest BCUT2D eigenvalue weighted by Gasteiger charge is 2.11. The molecule has 0 saturated heterocycles. The molecule has 0 radical (unpaired) electrons. The molecule has 0 unspecified atom stereocenters. The van der Waals surface area contributed by atoms with E-state index in [4.69, 9.17) is 4.74 Å². The maximum Gasteiger partial charge on any atom is 0.274 e. The number of ether oxygens (including phenoxy) is 1. The largest absolute Gasteiger partial charge is 0.491 e. The van der Waals surface area contributed by atoms with E-state index in [2.05, 4.69) is 20.6 Å². The number of amides is 1. The van der Waals surface area contributed by atoms with Gasteiger partial charge in [-0.3, -0.25) is 4.79 Å². The number of anilines is 3. The summed E-state index contributed by atoms with van der Waals surface area (Å²) in [4.78, 5) is 20.4. The number of nitrogens with zero attached hydrogens (tertiary/aromatic N) is 2. The minimum atomic E-state index is -0.522. The van der Waals surface area contributed by atoms with Gasteiger partial charge in [0.2, 0.25) is 0 Å². The Kier molecular flexibility index (Phi) is 5.61. The fourth-order valence-corrected chi connectivity index (χ4v) is 2.34. The summed E-state index contributed by atoms with van der Waals surface area (Å²) in [5, 5.41) is 5.59. The summed E-state index contributed by atoms with van der Waals surface area (Å²) < 4.78 is 19.3. The molecule has 138 valence electrons. The van der Waals surface area contributed by atoms with Crippen molar-refractivity contribution in [2.24, 2.45) is 0 Å². The Morgan fingerprint density at radius 1 is 1.07 bits per heavy atom. The van der Waals surface area contributed by atoms with Crippen molar-refractivity contribution in [3.63, 3.8) is 0 Å². The number of halogens is 1. The van der Waals surface area contributed by atoms with Crippen molar-refractivity contribution in [3.8, 4) is 5.75 Å². The average molecular weight is 366 g/mol. The fraction of sp³-hybridized carbons (Fsp3) is 0.150. The van der Waals surface area contributed by atoms with Crippen molar-refractivity contribution in [2.75, 3.05) is 10.6 Å². The fourth-order valence-electron chi connectivity index (χ4n) is 2.34. The van der Waals surface area contributed by atoms with Gasteiger partial charge >= 0.3 is 0 Å². The summed E-state index contributed by atoms with van der Waals surface area (Å²) in [5.74, 6) is 0.178. The summed E-state index contributed by atoms with van der Waals surface area (Å²) in [5.41, 5.74) is 0.997. The third-order valence-corrected chi connectivity index (χ3v) is 3.52. The van der Waals surface area contributed by atoms with Gasteiger partial charge in [-0.15, -0.1) is 0 Å². The van der Waals surface area contributed by atoms with Gasteiger partial charge in [-0.25, -0.2) is 14.4 Å². The zero-order chi connectivity index (χ0) is 19.2. The normalized spacial score (nSPS) is 10.5. The van der Waals surface area contributed by atoms with Gasteiger partial charge in [0.15, 0.2) is 0 Å². The maximum atomic E-state index is 13.7. The van der Waals surface area contributed by atoms with Gasteiger partial charge in [-0.2, -0.15) is 0 Å².